The lowest BCUT2D eigenvalue weighted by molar-refractivity contribution is -0.110. The van der Waals surface area contributed by atoms with Gasteiger partial charge in [0.05, 0.1) is 6.10 Å². The summed E-state index contributed by atoms with van der Waals surface area (Å²) in [7, 11) is 0. The van der Waals surface area contributed by atoms with Gasteiger partial charge < -0.3 is 10.4 Å². The van der Waals surface area contributed by atoms with Crippen molar-refractivity contribution in [2.45, 2.75) is 31.4 Å². The van der Waals surface area contributed by atoms with Crippen LogP contribution in [0.2, 0.25) is 0 Å². The van der Waals surface area contributed by atoms with Crippen LogP contribution in [0.3, 0.4) is 0 Å². The second kappa shape index (κ2) is 2.82. The molecule has 0 aromatic rings. The van der Waals surface area contributed by atoms with Crippen molar-refractivity contribution in [1.29, 1.82) is 0 Å². The zero-order valence-electron chi connectivity index (χ0n) is 5.21. The van der Waals surface area contributed by atoms with E-state index in [0.29, 0.717) is 6.41 Å². The number of aliphatic hydroxyl groups is 1. The number of aliphatic hydroxyl groups excluding tert-OH is 1. The van der Waals surface area contributed by atoms with E-state index >= 15 is 0 Å². The number of nitrogens with one attached hydrogen (secondary N) is 1. The van der Waals surface area contributed by atoms with E-state index in [9.17, 15) is 4.79 Å². The van der Waals surface area contributed by atoms with Crippen molar-refractivity contribution < 1.29 is 9.90 Å². The Labute approximate surface area is 54.1 Å². The van der Waals surface area contributed by atoms with E-state index in [1.165, 1.54) is 0 Å². The Morgan fingerprint density at radius 3 is 2.78 bits per heavy atom. The Balaban J connectivity index is 2.21. The van der Waals surface area contributed by atoms with E-state index in [0.717, 1.165) is 19.3 Å². The lowest BCUT2D eigenvalue weighted by Gasteiger charge is -2.04. The van der Waals surface area contributed by atoms with E-state index in [1.54, 1.807) is 0 Å². The first-order valence-corrected chi connectivity index (χ1v) is 3.20. The van der Waals surface area contributed by atoms with Crippen LogP contribution in [0.1, 0.15) is 19.3 Å². The molecule has 52 valence electrons. The fraction of sp³-hybridized carbons (Fsp3) is 0.833. The van der Waals surface area contributed by atoms with Crippen LogP contribution < -0.4 is 5.32 Å². The van der Waals surface area contributed by atoms with Gasteiger partial charge in [0, 0.05) is 6.04 Å². The highest BCUT2D eigenvalue weighted by Gasteiger charge is 2.21. The topological polar surface area (TPSA) is 49.3 Å². The Bertz CT molecular complexity index is 105. The van der Waals surface area contributed by atoms with Crippen LogP contribution in [0, 0.1) is 0 Å². The normalized spacial score (nSPS) is 34.3. The summed E-state index contributed by atoms with van der Waals surface area (Å²) in [5.74, 6) is 0. The van der Waals surface area contributed by atoms with Crippen molar-refractivity contribution in [3.8, 4) is 0 Å². The molecule has 3 heteroatoms. The largest absolute Gasteiger partial charge is 0.393 e. The Kier molecular flexibility index (Phi) is 2.05. The van der Waals surface area contributed by atoms with Crippen LogP contribution in [0.5, 0.6) is 0 Å². The van der Waals surface area contributed by atoms with Gasteiger partial charge in [0.25, 0.3) is 0 Å². The third-order valence-corrected chi connectivity index (χ3v) is 1.71. The third-order valence-electron chi connectivity index (χ3n) is 1.71. The number of carbonyl (C=O) groups excluding carboxylic acids is 1. The summed E-state index contributed by atoms with van der Waals surface area (Å²) in [6.45, 7) is 0. The SMILES string of the molecule is O=CN[C@H]1CC[C@H](O)C1. The predicted octanol–water partition coefficient (Wildman–Crippen LogP) is -0.354. The van der Waals surface area contributed by atoms with Crippen LogP contribution in [0.15, 0.2) is 0 Å². The summed E-state index contributed by atoms with van der Waals surface area (Å²) in [4.78, 5) is 9.87. The second-order valence-electron chi connectivity index (χ2n) is 2.45. The van der Waals surface area contributed by atoms with Crippen LogP contribution in [-0.2, 0) is 4.79 Å². The van der Waals surface area contributed by atoms with Crippen LogP contribution in [-0.4, -0.2) is 23.7 Å². The first kappa shape index (κ1) is 6.55. The molecule has 9 heavy (non-hydrogen) atoms. The molecular weight excluding hydrogens is 118 g/mol. The summed E-state index contributed by atoms with van der Waals surface area (Å²) < 4.78 is 0. The highest BCUT2D eigenvalue weighted by molar-refractivity contribution is 5.46. The van der Waals surface area contributed by atoms with Crippen molar-refractivity contribution in [3.05, 3.63) is 0 Å². The number of rotatable bonds is 2. The monoisotopic (exact) mass is 129 g/mol. The maximum absolute atomic E-state index is 9.87. The first-order chi connectivity index (χ1) is 4.33. The van der Waals surface area contributed by atoms with Gasteiger partial charge in [-0.05, 0) is 19.3 Å². The van der Waals surface area contributed by atoms with Gasteiger partial charge in [0.15, 0.2) is 0 Å². The molecule has 1 aliphatic carbocycles. The van der Waals surface area contributed by atoms with E-state index in [1.807, 2.05) is 0 Å². The fourth-order valence-corrected chi connectivity index (χ4v) is 1.21. The quantitative estimate of drug-likeness (QED) is 0.500. The van der Waals surface area contributed by atoms with Crippen molar-refractivity contribution in [1.82, 2.24) is 5.32 Å². The van der Waals surface area contributed by atoms with E-state index in [2.05, 4.69) is 5.32 Å². The average molecular weight is 129 g/mol. The zero-order chi connectivity index (χ0) is 6.69. The molecule has 0 unspecified atom stereocenters. The Morgan fingerprint density at radius 2 is 2.33 bits per heavy atom. The van der Waals surface area contributed by atoms with E-state index in [4.69, 9.17) is 5.11 Å². The molecule has 0 heterocycles. The third kappa shape index (κ3) is 1.68. The van der Waals surface area contributed by atoms with Crippen molar-refractivity contribution >= 4 is 6.41 Å². The molecule has 3 nitrogen and oxygen atoms in total. The molecule has 0 saturated heterocycles. The van der Waals surface area contributed by atoms with Gasteiger partial charge in [-0.15, -0.1) is 0 Å². The lowest BCUT2D eigenvalue weighted by atomic mass is 10.2. The molecule has 0 radical (unpaired) electrons. The maximum Gasteiger partial charge on any atom is 0.207 e. The first-order valence-electron chi connectivity index (χ1n) is 3.20. The van der Waals surface area contributed by atoms with Gasteiger partial charge >= 0.3 is 0 Å². The maximum atomic E-state index is 9.87. The molecule has 2 N–H and O–H groups in total. The minimum atomic E-state index is -0.192. The summed E-state index contributed by atoms with van der Waals surface area (Å²) in [6.07, 6.45) is 2.97. The van der Waals surface area contributed by atoms with Gasteiger partial charge in [-0.3, -0.25) is 4.79 Å². The lowest BCUT2D eigenvalue weighted by Crippen LogP contribution is -2.24. The smallest absolute Gasteiger partial charge is 0.207 e. The van der Waals surface area contributed by atoms with Crippen molar-refractivity contribution in [2.24, 2.45) is 0 Å². The minimum absolute atomic E-state index is 0.192. The van der Waals surface area contributed by atoms with Crippen molar-refractivity contribution in [2.75, 3.05) is 0 Å². The molecular formula is C6H11NO2. The van der Waals surface area contributed by atoms with Crippen LogP contribution >= 0.6 is 0 Å². The molecule has 1 amide bonds. The van der Waals surface area contributed by atoms with Gasteiger partial charge in [-0.2, -0.15) is 0 Å². The van der Waals surface area contributed by atoms with E-state index < -0.39 is 0 Å². The number of hydrogen-bond donors (Lipinski definition) is 2. The molecule has 1 saturated carbocycles. The summed E-state index contributed by atoms with van der Waals surface area (Å²) >= 11 is 0. The van der Waals surface area contributed by atoms with Gasteiger partial charge in [0.2, 0.25) is 6.41 Å². The molecule has 2 atom stereocenters. The molecule has 0 bridgehead atoms. The number of carbonyl (C=O) groups is 1. The molecule has 0 spiro atoms. The van der Waals surface area contributed by atoms with Crippen molar-refractivity contribution in [3.63, 3.8) is 0 Å². The molecule has 0 aromatic heterocycles. The van der Waals surface area contributed by atoms with Crippen LogP contribution in [0.4, 0.5) is 0 Å². The molecule has 1 fully saturated rings. The predicted molar refractivity (Wildman–Crippen MR) is 32.8 cm³/mol. The highest BCUT2D eigenvalue weighted by Crippen LogP contribution is 2.17. The zero-order valence-corrected chi connectivity index (χ0v) is 5.21. The molecule has 1 aliphatic rings. The summed E-state index contributed by atoms with van der Waals surface area (Å²) in [5.41, 5.74) is 0. The highest BCUT2D eigenvalue weighted by atomic mass is 16.3. The number of amides is 1. The molecule has 1 rings (SSSR count). The summed E-state index contributed by atoms with van der Waals surface area (Å²) in [6, 6.07) is 0.220. The average Bonchev–Trinajstić information content (AvgIpc) is 2.17. The van der Waals surface area contributed by atoms with Crippen LogP contribution in [0.25, 0.3) is 0 Å². The molecule has 0 aliphatic heterocycles. The van der Waals surface area contributed by atoms with E-state index in [-0.39, 0.29) is 12.1 Å². The summed E-state index contributed by atoms with van der Waals surface area (Å²) in [5, 5.41) is 11.6. The standard InChI is InChI=1S/C6H11NO2/c8-4-7-5-1-2-6(9)3-5/h4-6,9H,1-3H2,(H,7,8)/t5-,6-/m0/s1. The number of hydrogen-bond acceptors (Lipinski definition) is 2. The molecule has 0 aromatic carbocycles. The Hall–Kier alpha value is -0.570. The minimum Gasteiger partial charge on any atom is -0.393 e. The van der Waals surface area contributed by atoms with Gasteiger partial charge in [-0.1, -0.05) is 0 Å². The van der Waals surface area contributed by atoms with Gasteiger partial charge in [-0.25, -0.2) is 0 Å². The second-order valence-corrected chi connectivity index (χ2v) is 2.45. The Morgan fingerprint density at radius 1 is 1.56 bits per heavy atom. The fourth-order valence-electron chi connectivity index (χ4n) is 1.21. The van der Waals surface area contributed by atoms with Gasteiger partial charge in [0.1, 0.15) is 0 Å².